The summed E-state index contributed by atoms with van der Waals surface area (Å²) >= 11 is 0. The minimum Gasteiger partial charge on any atom is -0.351 e. The zero-order valence-corrected chi connectivity index (χ0v) is 14.8. The molecule has 1 N–H and O–H groups in total. The first-order valence-corrected chi connectivity index (χ1v) is 8.32. The molecule has 0 aliphatic heterocycles. The molecule has 1 aromatic carbocycles. The van der Waals surface area contributed by atoms with Gasteiger partial charge in [-0.2, -0.15) is 0 Å². The van der Waals surface area contributed by atoms with E-state index in [4.69, 9.17) is 0 Å². The Bertz CT molecular complexity index is 694. The van der Waals surface area contributed by atoms with Crippen molar-refractivity contribution in [1.29, 1.82) is 0 Å². The van der Waals surface area contributed by atoms with Crippen LogP contribution in [0.15, 0.2) is 24.3 Å². The van der Waals surface area contributed by atoms with Crippen LogP contribution < -0.4 is 5.32 Å². The first kappa shape index (κ1) is 17.4. The van der Waals surface area contributed by atoms with Crippen LogP contribution in [0.2, 0.25) is 0 Å². The number of fused-ring (bicyclic) bond motifs is 1. The number of likely N-dealkylation sites (N-methyl/N-ethyl adjacent to an activating group) is 1. The van der Waals surface area contributed by atoms with Crippen LogP contribution in [0, 0.1) is 13.8 Å². The lowest BCUT2D eigenvalue weighted by Gasteiger charge is -2.24. The number of aromatic nitrogens is 1. The van der Waals surface area contributed by atoms with Crippen molar-refractivity contribution in [2.24, 2.45) is 0 Å². The Balaban J connectivity index is 2.16. The van der Waals surface area contributed by atoms with Gasteiger partial charge in [-0.05, 0) is 52.4 Å². The molecule has 0 saturated carbocycles. The van der Waals surface area contributed by atoms with Crippen molar-refractivity contribution in [2.45, 2.75) is 40.7 Å². The van der Waals surface area contributed by atoms with E-state index in [9.17, 15) is 4.79 Å². The highest BCUT2D eigenvalue weighted by molar-refractivity contribution is 6.06. The number of pyridine rings is 1. The van der Waals surface area contributed by atoms with Crippen molar-refractivity contribution in [3.63, 3.8) is 0 Å². The molecule has 1 heterocycles. The van der Waals surface area contributed by atoms with Crippen LogP contribution in [-0.2, 0) is 0 Å². The van der Waals surface area contributed by atoms with E-state index in [1.807, 2.05) is 38.1 Å². The van der Waals surface area contributed by atoms with Crippen LogP contribution in [0.25, 0.3) is 10.9 Å². The van der Waals surface area contributed by atoms with Crippen LogP contribution in [0.3, 0.4) is 0 Å². The maximum atomic E-state index is 12.6. The van der Waals surface area contributed by atoms with Crippen LogP contribution >= 0.6 is 0 Å². The number of carbonyl (C=O) groups is 1. The normalized spacial score (nSPS) is 11.4. The number of benzene rings is 1. The summed E-state index contributed by atoms with van der Waals surface area (Å²) in [5, 5.41) is 3.97. The summed E-state index contributed by atoms with van der Waals surface area (Å²) < 4.78 is 0. The van der Waals surface area contributed by atoms with Crippen molar-refractivity contribution in [1.82, 2.24) is 15.2 Å². The number of aryl methyl sites for hydroxylation is 2. The number of amides is 1. The first-order chi connectivity index (χ1) is 10.9. The van der Waals surface area contributed by atoms with E-state index in [1.165, 1.54) is 0 Å². The van der Waals surface area contributed by atoms with Gasteiger partial charge >= 0.3 is 0 Å². The molecule has 2 rings (SSSR count). The summed E-state index contributed by atoms with van der Waals surface area (Å²) in [6, 6.07) is 8.40. The van der Waals surface area contributed by atoms with Crippen LogP contribution in [0.1, 0.15) is 42.4 Å². The van der Waals surface area contributed by atoms with Gasteiger partial charge < -0.3 is 5.32 Å². The molecule has 0 saturated heterocycles. The smallest absolute Gasteiger partial charge is 0.252 e. The maximum absolute atomic E-state index is 12.6. The summed E-state index contributed by atoms with van der Waals surface area (Å²) in [5.74, 6) is -0.0223. The Morgan fingerprint density at radius 2 is 2.00 bits per heavy atom. The van der Waals surface area contributed by atoms with E-state index < -0.39 is 0 Å². The molecule has 4 heteroatoms. The fourth-order valence-corrected chi connectivity index (χ4v) is 2.85. The Kier molecular flexibility index (Phi) is 5.72. The molecule has 23 heavy (non-hydrogen) atoms. The summed E-state index contributed by atoms with van der Waals surface area (Å²) in [6.07, 6.45) is 0. The molecule has 2 aromatic rings. The van der Waals surface area contributed by atoms with Crippen molar-refractivity contribution >= 4 is 16.8 Å². The SMILES string of the molecule is CCN(CCNC(=O)c1cc(C)nc2ccc(C)cc12)C(C)C. The van der Waals surface area contributed by atoms with Gasteiger partial charge in [-0.25, -0.2) is 0 Å². The first-order valence-electron chi connectivity index (χ1n) is 8.32. The fourth-order valence-electron chi connectivity index (χ4n) is 2.85. The van der Waals surface area contributed by atoms with E-state index >= 15 is 0 Å². The second-order valence-electron chi connectivity index (χ2n) is 6.31. The molecule has 0 aliphatic carbocycles. The van der Waals surface area contributed by atoms with Crippen molar-refractivity contribution in [3.05, 3.63) is 41.1 Å². The monoisotopic (exact) mass is 313 g/mol. The molecule has 0 unspecified atom stereocenters. The molecule has 0 radical (unpaired) electrons. The molecule has 0 fully saturated rings. The van der Waals surface area contributed by atoms with Crippen molar-refractivity contribution in [2.75, 3.05) is 19.6 Å². The largest absolute Gasteiger partial charge is 0.351 e. The van der Waals surface area contributed by atoms with Crippen molar-refractivity contribution in [3.8, 4) is 0 Å². The number of nitrogens with zero attached hydrogens (tertiary/aromatic N) is 2. The van der Waals surface area contributed by atoms with Crippen LogP contribution in [-0.4, -0.2) is 41.5 Å². The molecule has 0 bridgehead atoms. The van der Waals surface area contributed by atoms with Gasteiger partial charge in [-0.3, -0.25) is 14.7 Å². The number of hydrogen-bond acceptors (Lipinski definition) is 3. The van der Waals surface area contributed by atoms with Gasteiger partial charge in [-0.15, -0.1) is 0 Å². The second-order valence-corrected chi connectivity index (χ2v) is 6.31. The van der Waals surface area contributed by atoms with Crippen molar-refractivity contribution < 1.29 is 4.79 Å². The third kappa shape index (κ3) is 4.29. The lowest BCUT2D eigenvalue weighted by atomic mass is 10.0. The predicted molar refractivity (Wildman–Crippen MR) is 95.9 cm³/mol. The summed E-state index contributed by atoms with van der Waals surface area (Å²) in [4.78, 5) is 19.5. The number of nitrogens with one attached hydrogen (secondary N) is 1. The Morgan fingerprint density at radius 3 is 2.65 bits per heavy atom. The molecule has 1 amide bonds. The highest BCUT2D eigenvalue weighted by Crippen LogP contribution is 2.20. The minimum absolute atomic E-state index is 0.0223. The van der Waals surface area contributed by atoms with Crippen LogP contribution in [0.5, 0.6) is 0 Å². The Labute approximate surface area is 138 Å². The molecule has 0 atom stereocenters. The molecule has 4 nitrogen and oxygen atoms in total. The highest BCUT2D eigenvalue weighted by atomic mass is 16.1. The molecule has 1 aromatic heterocycles. The highest BCUT2D eigenvalue weighted by Gasteiger charge is 2.13. The van der Waals surface area contributed by atoms with E-state index in [0.717, 1.165) is 35.2 Å². The average molecular weight is 313 g/mol. The molecule has 124 valence electrons. The topological polar surface area (TPSA) is 45.2 Å². The zero-order chi connectivity index (χ0) is 17.0. The minimum atomic E-state index is -0.0223. The average Bonchev–Trinajstić information content (AvgIpc) is 2.50. The third-order valence-electron chi connectivity index (χ3n) is 4.16. The lowest BCUT2D eigenvalue weighted by molar-refractivity contribution is 0.0947. The van der Waals surface area contributed by atoms with E-state index in [0.29, 0.717) is 18.2 Å². The van der Waals surface area contributed by atoms with Gasteiger partial charge in [0.2, 0.25) is 0 Å². The third-order valence-corrected chi connectivity index (χ3v) is 4.16. The zero-order valence-electron chi connectivity index (χ0n) is 14.8. The quantitative estimate of drug-likeness (QED) is 0.890. The fraction of sp³-hybridized carbons (Fsp3) is 0.474. The molecular weight excluding hydrogens is 286 g/mol. The van der Waals surface area contributed by atoms with Gasteiger partial charge in [0.25, 0.3) is 5.91 Å². The Hall–Kier alpha value is -1.94. The molecular formula is C19H27N3O. The summed E-state index contributed by atoms with van der Waals surface area (Å²) in [5.41, 5.74) is 3.58. The predicted octanol–water partition coefficient (Wildman–Crippen LogP) is 3.31. The standard InChI is InChI=1S/C19H27N3O/c1-6-22(13(2)3)10-9-20-19(23)17-12-15(5)21-18-8-7-14(4)11-16(17)18/h7-8,11-13H,6,9-10H2,1-5H3,(H,20,23). The van der Waals surface area contributed by atoms with Crippen LogP contribution in [0.4, 0.5) is 0 Å². The van der Waals surface area contributed by atoms with Gasteiger partial charge in [-0.1, -0.05) is 18.6 Å². The number of rotatable bonds is 6. The second kappa shape index (κ2) is 7.55. The van der Waals surface area contributed by atoms with Gasteiger partial charge in [0.15, 0.2) is 0 Å². The van der Waals surface area contributed by atoms with Gasteiger partial charge in [0, 0.05) is 30.2 Å². The lowest BCUT2D eigenvalue weighted by Crippen LogP contribution is -2.38. The summed E-state index contributed by atoms with van der Waals surface area (Å²) in [6.45, 7) is 13.0. The number of carbonyl (C=O) groups excluding carboxylic acids is 1. The summed E-state index contributed by atoms with van der Waals surface area (Å²) in [7, 11) is 0. The number of hydrogen-bond donors (Lipinski definition) is 1. The molecule has 0 aliphatic rings. The van der Waals surface area contributed by atoms with Gasteiger partial charge in [0.05, 0.1) is 11.1 Å². The Morgan fingerprint density at radius 1 is 1.26 bits per heavy atom. The molecule has 0 spiro atoms. The van der Waals surface area contributed by atoms with Gasteiger partial charge in [0.1, 0.15) is 0 Å². The maximum Gasteiger partial charge on any atom is 0.252 e. The van der Waals surface area contributed by atoms with E-state index in [2.05, 4.69) is 36.0 Å². The van der Waals surface area contributed by atoms with E-state index in [-0.39, 0.29) is 5.91 Å². The van der Waals surface area contributed by atoms with E-state index in [1.54, 1.807) is 0 Å².